The topological polar surface area (TPSA) is 55.2 Å². The van der Waals surface area contributed by atoms with Gasteiger partial charge >= 0.3 is 6.18 Å². The number of alkyl halides is 3. The summed E-state index contributed by atoms with van der Waals surface area (Å²) in [7, 11) is 0. The molecule has 0 bridgehead atoms. The van der Waals surface area contributed by atoms with Crippen molar-refractivity contribution >= 4 is 39.7 Å². The van der Waals surface area contributed by atoms with E-state index in [9.17, 15) is 22.8 Å². The summed E-state index contributed by atoms with van der Waals surface area (Å²) in [4.78, 5) is 30.3. The highest BCUT2D eigenvalue weighted by molar-refractivity contribution is 7.14. The number of benzene rings is 1. The van der Waals surface area contributed by atoms with Crippen molar-refractivity contribution in [3.05, 3.63) is 74.1 Å². The number of hydrogen-bond acceptors (Lipinski definition) is 4. The average Bonchev–Trinajstić information content (AvgIpc) is 3.12. The molecule has 0 fully saturated rings. The number of rotatable bonds is 5. The molecule has 30 heavy (non-hydrogen) atoms. The van der Waals surface area contributed by atoms with Gasteiger partial charge in [0.15, 0.2) is 5.13 Å². The molecule has 2 aromatic heterocycles. The van der Waals surface area contributed by atoms with Crippen LogP contribution in [0.25, 0.3) is 0 Å². The van der Waals surface area contributed by atoms with Crippen molar-refractivity contribution in [1.29, 1.82) is 0 Å². The number of pyridine rings is 1. The number of nitrogens with zero attached hydrogens (tertiary/aromatic N) is 3. The van der Waals surface area contributed by atoms with E-state index in [1.807, 2.05) is 25.1 Å². The van der Waals surface area contributed by atoms with Gasteiger partial charge in [-0.1, -0.05) is 36.7 Å². The van der Waals surface area contributed by atoms with Gasteiger partial charge < -0.3 is 4.57 Å². The number of aryl methyl sites for hydroxylation is 1. The van der Waals surface area contributed by atoms with Gasteiger partial charge in [-0.25, -0.2) is 4.98 Å². The van der Waals surface area contributed by atoms with Crippen LogP contribution < -0.4 is 10.5 Å². The van der Waals surface area contributed by atoms with Gasteiger partial charge in [0.1, 0.15) is 5.02 Å². The Morgan fingerprint density at radius 3 is 2.63 bits per heavy atom. The number of thiazole rings is 1. The molecule has 5 nitrogen and oxygen atoms in total. The van der Waals surface area contributed by atoms with Gasteiger partial charge in [0, 0.05) is 18.5 Å². The number of halogens is 4. The molecule has 0 atom stereocenters. The molecule has 3 aromatic rings. The van der Waals surface area contributed by atoms with E-state index in [2.05, 4.69) is 4.98 Å². The van der Waals surface area contributed by atoms with E-state index in [0.717, 1.165) is 21.5 Å². The van der Waals surface area contributed by atoms with E-state index < -0.39 is 22.3 Å². The van der Waals surface area contributed by atoms with Crippen LogP contribution in [-0.2, 0) is 23.9 Å². The number of hydrogen-bond donors (Lipinski definition) is 0. The van der Waals surface area contributed by atoms with Crippen molar-refractivity contribution in [3.63, 3.8) is 0 Å². The second kappa shape index (κ2) is 8.61. The fourth-order valence-corrected chi connectivity index (χ4v) is 4.05. The normalized spacial score (nSPS) is 11.5. The summed E-state index contributed by atoms with van der Waals surface area (Å²) < 4.78 is 40.0. The zero-order valence-electron chi connectivity index (χ0n) is 16.0. The van der Waals surface area contributed by atoms with Gasteiger partial charge in [-0.05, 0) is 24.1 Å². The van der Waals surface area contributed by atoms with E-state index in [0.29, 0.717) is 35.2 Å². The summed E-state index contributed by atoms with van der Waals surface area (Å²) in [5.41, 5.74) is 0.203. The Morgan fingerprint density at radius 2 is 2.00 bits per heavy atom. The van der Waals surface area contributed by atoms with Crippen LogP contribution in [0.15, 0.2) is 46.7 Å². The van der Waals surface area contributed by atoms with Crippen LogP contribution in [0.4, 0.5) is 24.0 Å². The molecule has 0 aliphatic carbocycles. The zero-order chi connectivity index (χ0) is 22.1. The number of aromatic nitrogens is 2. The largest absolute Gasteiger partial charge is 0.417 e. The molecule has 1 aromatic carbocycles. The lowest BCUT2D eigenvalue weighted by atomic mass is 10.1. The first-order chi connectivity index (χ1) is 14.1. The summed E-state index contributed by atoms with van der Waals surface area (Å²) >= 11 is 6.86. The Morgan fingerprint density at radius 1 is 1.30 bits per heavy atom. The van der Waals surface area contributed by atoms with Gasteiger partial charge in [-0.3, -0.25) is 14.5 Å². The van der Waals surface area contributed by atoms with Crippen LogP contribution in [0.3, 0.4) is 0 Å². The lowest BCUT2D eigenvalue weighted by molar-refractivity contribution is -0.138. The molecule has 2 heterocycles. The SMILES string of the molecule is CCc1ccccc1N(C(C)=O)c1nc(Cn2cc(C(F)(F)F)cc(Cl)c2=O)cs1. The minimum absolute atomic E-state index is 0.208. The summed E-state index contributed by atoms with van der Waals surface area (Å²) in [6.07, 6.45) is -3.22. The van der Waals surface area contributed by atoms with Gasteiger partial charge in [0.2, 0.25) is 5.91 Å². The smallest absolute Gasteiger partial charge is 0.308 e. The van der Waals surface area contributed by atoms with E-state index in [-0.39, 0.29) is 12.5 Å². The van der Waals surface area contributed by atoms with Crippen molar-refractivity contribution in [2.45, 2.75) is 33.0 Å². The summed E-state index contributed by atoms with van der Waals surface area (Å²) in [6, 6.07) is 8.00. The molecule has 0 radical (unpaired) electrons. The van der Waals surface area contributed by atoms with Crippen LogP contribution in [0.2, 0.25) is 5.02 Å². The highest BCUT2D eigenvalue weighted by atomic mass is 35.5. The third-order valence-corrected chi connectivity index (χ3v) is 5.51. The second-order valence-corrected chi connectivity index (χ2v) is 7.71. The predicted octanol–water partition coefficient (Wildman–Crippen LogP) is 5.27. The maximum atomic E-state index is 13.0. The number of para-hydroxylation sites is 1. The summed E-state index contributed by atoms with van der Waals surface area (Å²) in [5.74, 6) is -0.254. The number of carbonyl (C=O) groups excluding carboxylic acids is 1. The molecule has 0 aliphatic heterocycles. The van der Waals surface area contributed by atoms with Crippen molar-refractivity contribution in [2.75, 3.05) is 4.90 Å². The Labute approximate surface area is 179 Å². The molecule has 0 spiro atoms. The van der Waals surface area contributed by atoms with Crippen molar-refractivity contribution in [3.8, 4) is 0 Å². The number of anilines is 2. The first-order valence-corrected chi connectivity index (χ1v) is 10.2. The molecule has 158 valence electrons. The van der Waals surface area contributed by atoms with Gasteiger partial charge in [0.05, 0.1) is 23.5 Å². The molecular formula is C20H17ClF3N3O2S. The Bertz CT molecular complexity index is 1140. The van der Waals surface area contributed by atoms with Gasteiger partial charge in [-0.15, -0.1) is 11.3 Å². The first kappa shape index (κ1) is 22.0. The number of carbonyl (C=O) groups is 1. The Kier molecular flexibility index (Phi) is 6.33. The van der Waals surface area contributed by atoms with E-state index >= 15 is 0 Å². The van der Waals surface area contributed by atoms with Crippen LogP contribution in [-0.4, -0.2) is 15.5 Å². The highest BCUT2D eigenvalue weighted by Crippen LogP contribution is 2.32. The minimum atomic E-state index is -4.64. The maximum Gasteiger partial charge on any atom is 0.417 e. The van der Waals surface area contributed by atoms with Crippen molar-refractivity contribution in [1.82, 2.24) is 9.55 Å². The van der Waals surface area contributed by atoms with Crippen LogP contribution in [0, 0.1) is 0 Å². The van der Waals surface area contributed by atoms with E-state index in [1.165, 1.54) is 11.8 Å². The zero-order valence-corrected chi connectivity index (χ0v) is 17.6. The maximum absolute atomic E-state index is 13.0. The molecule has 3 rings (SSSR count). The fraction of sp³-hybridized carbons (Fsp3) is 0.250. The van der Waals surface area contributed by atoms with Crippen LogP contribution >= 0.6 is 22.9 Å². The molecule has 0 unspecified atom stereocenters. The number of amides is 1. The third-order valence-electron chi connectivity index (χ3n) is 4.36. The highest BCUT2D eigenvalue weighted by Gasteiger charge is 2.32. The monoisotopic (exact) mass is 455 g/mol. The average molecular weight is 456 g/mol. The third kappa shape index (κ3) is 4.57. The molecule has 0 N–H and O–H groups in total. The van der Waals surface area contributed by atoms with Gasteiger partial charge in [0.25, 0.3) is 5.56 Å². The van der Waals surface area contributed by atoms with E-state index in [1.54, 1.807) is 11.4 Å². The fourth-order valence-electron chi connectivity index (χ4n) is 2.95. The molecular weight excluding hydrogens is 439 g/mol. The standard InChI is InChI=1S/C20H17ClF3N3O2S/c1-3-13-6-4-5-7-17(13)27(12(2)28)19-25-15(11-30-19)10-26-9-14(20(22,23)24)8-16(21)18(26)29/h4-9,11H,3,10H2,1-2H3. The minimum Gasteiger partial charge on any atom is -0.308 e. The molecule has 0 saturated carbocycles. The quantitative estimate of drug-likeness (QED) is 0.526. The van der Waals surface area contributed by atoms with Crippen LogP contribution in [0.5, 0.6) is 0 Å². The Balaban J connectivity index is 1.98. The molecule has 0 saturated heterocycles. The van der Waals surface area contributed by atoms with E-state index in [4.69, 9.17) is 11.6 Å². The summed E-state index contributed by atoms with van der Waals surface area (Å²) in [5, 5.41) is 1.44. The van der Waals surface area contributed by atoms with Gasteiger partial charge in [-0.2, -0.15) is 13.2 Å². The lowest BCUT2D eigenvalue weighted by Crippen LogP contribution is -2.25. The molecule has 1 amide bonds. The van der Waals surface area contributed by atoms with Crippen LogP contribution in [0.1, 0.15) is 30.7 Å². The second-order valence-electron chi connectivity index (χ2n) is 6.47. The van der Waals surface area contributed by atoms with Crippen molar-refractivity contribution in [2.24, 2.45) is 0 Å². The predicted molar refractivity (Wildman–Crippen MR) is 111 cm³/mol. The lowest BCUT2D eigenvalue weighted by Gasteiger charge is -2.21. The molecule has 10 heteroatoms. The summed E-state index contributed by atoms with van der Waals surface area (Å²) in [6.45, 7) is 3.17. The molecule has 0 aliphatic rings. The van der Waals surface area contributed by atoms with Crippen molar-refractivity contribution < 1.29 is 18.0 Å². The Hall–Kier alpha value is -2.65. The first-order valence-electron chi connectivity index (χ1n) is 8.92.